The molecule has 1 heterocycles. The molecule has 1 amide bonds. The van der Waals surface area contributed by atoms with Gasteiger partial charge in [-0.1, -0.05) is 18.2 Å². The number of carbonyl (C=O) groups is 1. The number of nitrogens with zero attached hydrogens (tertiary/aromatic N) is 1. The maximum atomic E-state index is 12.1. The SMILES string of the molecule is COc1cccc(CN2Cc3ccc(C(=O)NCCN)cc3C2)c1. The van der Waals surface area contributed by atoms with Crippen LogP contribution in [0.25, 0.3) is 0 Å². The predicted octanol–water partition coefficient (Wildman–Crippen LogP) is 1.90. The van der Waals surface area contributed by atoms with Crippen LogP contribution in [0.3, 0.4) is 0 Å². The van der Waals surface area contributed by atoms with E-state index in [9.17, 15) is 4.79 Å². The van der Waals surface area contributed by atoms with Gasteiger partial charge in [0.15, 0.2) is 0 Å². The second kappa shape index (κ2) is 7.47. The molecule has 0 aromatic heterocycles. The molecule has 0 unspecified atom stereocenters. The Balaban J connectivity index is 1.67. The second-order valence-corrected chi connectivity index (χ2v) is 6.02. The summed E-state index contributed by atoms with van der Waals surface area (Å²) in [4.78, 5) is 14.4. The number of rotatable bonds is 6. The molecule has 3 rings (SSSR count). The first-order valence-corrected chi connectivity index (χ1v) is 8.15. The van der Waals surface area contributed by atoms with Crippen LogP contribution in [0.15, 0.2) is 42.5 Å². The highest BCUT2D eigenvalue weighted by molar-refractivity contribution is 5.94. The fraction of sp³-hybridized carbons (Fsp3) is 0.316. The van der Waals surface area contributed by atoms with E-state index < -0.39 is 0 Å². The van der Waals surface area contributed by atoms with Crippen molar-refractivity contribution in [3.8, 4) is 5.75 Å². The van der Waals surface area contributed by atoms with Crippen LogP contribution in [0.1, 0.15) is 27.0 Å². The minimum Gasteiger partial charge on any atom is -0.497 e. The summed E-state index contributed by atoms with van der Waals surface area (Å²) in [6.07, 6.45) is 0. The molecule has 1 aliphatic rings. The Kier molecular flexibility index (Phi) is 5.13. The first kappa shape index (κ1) is 16.5. The van der Waals surface area contributed by atoms with Crippen molar-refractivity contribution in [1.29, 1.82) is 0 Å². The van der Waals surface area contributed by atoms with E-state index >= 15 is 0 Å². The lowest BCUT2D eigenvalue weighted by Crippen LogP contribution is -2.29. The fourth-order valence-electron chi connectivity index (χ4n) is 3.03. The van der Waals surface area contributed by atoms with Crippen molar-refractivity contribution in [2.24, 2.45) is 5.73 Å². The van der Waals surface area contributed by atoms with Gasteiger partial charge in [-0.2, -0.15) is 0 Å². The van der Waals surface area contributed by atoms with Gasteiger partial charge in [0, 0.05) is 38.3 Å². The van der Waals surface area contributed by atoms with Crippen molar-refractivity contribution >= 4 is 5.91 Å². The van der Waals surface area contributed by atoms with Crippen LogP contribution in [0.4, 0.5) is 0 Å². The zero-order chi connectivity index (χ0) is 16.9. The summed E-state index contributed by atoms with van der Waals surface area (Å²) in [6.45, 7) is 3.56. The largest absolute Gasteiger partial charge is 0.497 e. The first-order valence-electron chi connectivity index (χ1n) is 8.15. The molecule has 0 atom stereocenters. The van der Waals surface area contributed by atoms with Gasteiger partial charge < -0.3 is 15.8 Å². The standard InChI is InChI=1S/C19H23N3O2/c1-24-18-4-2-3-14(9-18)11-22-12-16-6-5-15(10-17(16)13-22)19(23)21-8-7-20/h2-6,9-10H,7-8,11-13,20H2,1H3,(H,21,23). The topological polar surface area (TPSA) is 67.6 Å². The van der Waals surface area contributed by atoms with Crippen LogP contribution in [0, 0.1) is 0 Å². The summed E-state index contributed by atoms with van der Waals surface area (Å²) in [7, 11) is 1.68. The zero-order valence-electron chi connectivity index (χ0n) is 13.9. The van der Waals surface area contributed by atoms with Crippen LogP contribution < -0.4 is 15.8 Å². The van der Waals surface area contributed by atoms with Crippen molar-refractivity contribution < 1.29 is 9.53 Å². The van der Waals surface area contributed by atoms with Crippen LogP contribution >= 0.6 is 0 Å². The lowest BCUT2D eigenvalue weighted by molar-refractivity contribution is 0.0954. The van der Waals surface area contributed by atoms with Crippen molar-refractivity contribution in [3.05, 3.63) is 64.7 Å². The van der Waals surface area contributed by atoms with E-state index in [1.807, 2.05) is 24.3 Å². The summed E-state index contributed by atoms with van der Waals surface area (Å²) >= 11 is 0. The van der Waals surface area contributed by atoms with Gasteiger partial charge in [0.05, 0.1) is 7.11 Å². The van der Waals surface area contributed by atoms with Gasteiger partial charge in [0.1, 0.15) is 5.75 Å². The molecule has 2 aromatic carbocycles. The fourth-order valence-corrected chi connectivity index (χ4v) is 3.03. The monoisotopic (exact) mass is 325 g/mol. The van der Waals surface area contributed by atoms with Gasteiger partial charge >= 0.3 is 0 Å². The van der Waals surface area contributed by atoms with Gasteiger partial charge in [-0.25, -0.2) is 0 Å². The molecule has 24 heavy (non-hydrogen) atoms. The van der Waals surface area contributed by atoms with E-state index in [0.717, 1.165) is 25.4 Å². The number of nitrogens with two attached hydrogens (primary N) is 1. The van der Waals surface area contributed by atoms with E-state index in [2.05, 4.69) is 28.4 Å². The normalized spacial score (nSPS) is 13.6. The molecule has 126 valence electrons. The van der Waals surface area contributed by atoms with Gasteiger partial charge in [0.25, 0.3) is 5.91 Å². The Hall–Kier alpha value is -2.37. The van der Waals surface area contributed by atoms with Crippen LogP contribution in [-0.4, -0.2) is 31.0 Å². The number of hydrogen-bond acceptors (Lipinski definition) is 4. The van der Waals surface area contributed by atoms with Crippen LogP contribution in [-0.2, 0) is 19.6 Å². The third kappa shape index (κ3) is 3.75. The molecule has 0 spiro atoms. The summed E-state index contributed by atoms with van der Waals surface area (Å²) in [5.41, 5.74) is 9.86. The average molecular weight is 325 g/mol. The number of nitrogens with one attached hydrogen (secondary N) is 1. The molecule has 0 aliphatic carbocycles. The smallest absolute Gasteiger partial charge is 0.251 e. The molecule has 0 saturated heterocycles. The lowest BCUT2D eigenvalue weighted by Gasteiger charge is -2.15. The molecule has 0 bridgehead atoms. The lowest BCUT2D eigenvalue weighted by atomic mass is 10.1. The van der Waals surface area contributed by atoms with Crippen molar-refractivity contribution in [2.45, 2.75) is 19.6 Å². The van der Waals surface area contributed by atoms with Gasteiger partial charge in [-0.15, -0.1) is 0 Å². The molecular weight excluding hydrogens is 302 g/mol. The van der Waals surface area contributed by atoms with Crippen molar-refractivity contribution in [1.82, 2.24) is 10.2 Å². The maximum Gasteiger partial charge on any atom is 0.251 e. The Morgan fingerprint density at radius 3 is 2.83 bits per heavy atom. The number of hydrogen-bond donors (Lipinski definition) is 2. The van der Waals surface area contributed by atoms with Gasteiger partial charge in [-0.3, -0.25) is 9.69 Å². The molecule has 5 heteroatoms. The number of methoxy groups -OCH3 is 1. The third-order valence-electron chi connectivity index (χ3n) is 4.23. The minimum atomic E-state index is -0.0607. The maximum absolute atomic E-state index is 12.1. The summed E-state index contributed by atoms with van der Waals surface area (Å²) < 4.78 is 5.28. The second-order valence-electron chi connectivity index (χ2n) is 6.02. The van der Waals surface area contributed by atoms with Crippen molar-refractivity contribution in [2.75, 3.05) is 20.2 Å². The third-order valence-corrected chi connectivity index (χ3v) is 4.23. The first-order chi connectivity index (χ1) is 11.7. The molecule has 2 aromatic rings. The highest BCUT2D eigenvalue weighted by atomic mass is 16.5. The van der Waals surface area contributed by atoms with Crippen LogP contribution in [0.2, 0.25) is 0 Å². The predicted molar refractivity (Wildman–Crippen MR) is 93.8 cm³/mol. The molecule has 3 N–H and O–H groups in total. The number of benzene rings is 2. The summed E-state index contributed by atoms with van der Waals surface area (Å²) in [5.74, 6) is 0.817. The van der Waals surface area contributed by atoms with E-state index in [1.54, 1.807) is 7.11 Å². The molecule has 0 fully saturated rings. The Morgan fingerprint density at radius 2 is 2.04 bits per heavy atom. The summed E-state index contributed by atoms with van der Waals surface area (Å²) in [5, 5.41) is 2.81. The van der Waals surface area contributed by atoms with Gasteiger partial charge in [-0.05, 0) is 41.0 Å². The number of amides is 1. The number of ether oxygens (including phenoxy) is 1. The van der Waals surface area contributed by atoms with Crippen LogP contribution in [0.5, 0.6) is 5.75 Å². The molecule has 5 nitrogen and oxygen atoms in total. The van der Waals surface area contributed by atoms with E-state index in [4.69, 9.17) is 10.5 Å². The van der Waals surface area contributed by atoms with E-state index in [-0.39, 0.29) is 5.91 Å². The highest BCUT2D eigenvalue weighted by Crippen LogP contribution is 2.26. The highest BCUT2D eigenvalue weighted by Gasteiger charge is 2.20. The number of fused-ring (bicyclic) bond motifs is 1. The van der Waals surface area contributed by atoms with E-state index in [0.29, 0.717) is 18.7 Å². The van der Waals surface area contributed by atoms with E-state index in [1.165, 1.54) is 16.7 Å². The molecule has 1 aliphatic heterocycles. The minimum absolute atomic E-state index is 0.0607. The Labute approximate surface area is 142 Å². The Morgan fingerprint density at radius 1 is 1.21 bits per heavy atom. The molecule has 0 radical (unpaired) electrons. The number of carbonyl (C=O) groups excluding carboxylic acids is 1. The molecule has 0 saturated carbocycles. The quantitative estimate of drug-likeness (QED) is 0.851. The van der Waals surface area contributed by atoms with Gasteiger partial charge in [0.2, 0.25) is 0 Å². The average Bonchev–Trinajstić information content (AvgIpc) is 3.01. The van der Waals surface area contributed by atoms with Crippen molar-refractivity contribution in [3.63, 3.8) is 0 Å². The molecular formula is C19H23N3O2. The Bertz CT molecular complexity index is 730. The summed E-state index contributed by atoms with van der Waals surface area (Å²) in [6, 6.07) is 14.1. The zero-order valence-corrected chi connectivity index (χ0v) is 13.9.